The van der Waals surface area contributed by atoms with E-state index < -0.39 is 0 Å². The maximum Gasteiger partial charge on any atom is 0.207 e. The summed E-state index contributed by atoms with van der Waals surface area (Å²) in [6, 6.07) is 2.29. The monoisotopic (exact) mass is 283 g/mol. The summed E-state index contributed by atoms with van der Waals surface area (Å²) in [7, 11) is 0. The maximum atomic E-state index is 10.7. The highest BCUT2D eigenvalue weighted by Gasteiger charge is 2.34. The highest BCUT2D eigenvalue weighted by atomic mass is 16.1. The zero-order valence-electron chi connectivity index (χ0n) is 11.8. The van der Waals surface area contributed by atoms with Crippen LogP contribution in [-0.4, -0.2) is 31.8 Å². The molecular weight excluding hydrogens is 266 g/mol. The smallest absolute Gasteiger partial charge is 0.207 e. The predicted octanol–water partition coefficient (Wildman–Crippen LogP) is 1.84. The molecule has 1 saturated carbocycles. The van der Waals surface area contributed by atoms with Gasteiger partial charge < -0.3 is 10.3 Å². The van der Waals surface area contributed by atoms with E-state index in [1.807, 2.05) is 18.5 Å². The number of H-pyrrole nitrogens is 1. The molecule has 0 bridgehead atoms. The van der Waals surface area contributed by atoms with Gasteiger partial charge in [0.1, 0.15) is 0 Å². The molecule has 0 aliphatic heterocycles. The summed E-state index contributed by atoms with van der Waals surface area (Å²) in [5.74, 6) is 0.919. The fourth-order valence-electron chi connectivity index (χ4n) is 3.65. The number of nitrogens with one attached hydrogen (secondary N) is 2. The lowest BCUT2D eigenvalue weighted by atomic mass is 9.95. The van der Waals surface area contributed by atoms with Crippen LogP contribution in [0.3, 0.4) is 0 Å². The lowest BCUT2D eigenvalue weighted by Crippen LogP contribution is -2.24. The highest BCUT2D eigenvalue weighted by molar-refractivity contribution is 5.74. The fourth-order valence-corrected chi connectivity index (χ4v) is 3.65. The molecule has 3 aromatic rings. The van der Waals surface area contributed by atoms with E-state index in [1.54, 1.807) is 6.20 Å². The zero-order chi connectivity index (χ0) is 14.4. The van der Waals surface area contributed by atoms with E-state index in [-0.39, 0.29) is 6.04 Å². The number of nitrogens with zero attached hydrogens (tertiary/aromatic N) is 3. The van der Waals surface area contributed by atoms with Gasteiger partial charge in [-0.2, -0.15) is 0 Å². The van der Waals surface area contributed by atoms with Crippen LogP contribution in [0.1, 0.15) is 31.4 Å². The Morgan fingerprint density at radius 2 is 2.29 bits per heavy atom. The van der Waals surface area contributed by atoms with Crippen LogP contribution in [0, 0.1) is 5.92 Å². The first-order valence-corrected chi connectivity index (χ1v) is 7.27. The molecule has 2 N–H and O–H groups in total. The average Bonchev–Trinajstić information content (AvgIpc) is 3.15. The van der Waals surface area contributed by atoms with Crippen molar-refractivity contribution < 1.29 is 4.79 Å². The molecule has 3 atom stereocenters. The Hall–Kier alpha value is -2.37. The van der Waals surface area contributed by atoms with Gasteiger partial charge in [0.15, 0.2) is 11.3 Å². The third-order valence-corrected chi connectivity index (χ3v) is 4.64. The van der Waals surface area contributed by atoms with Crippen LogP contribution in [0.5, 0.6) is 0 Å². The zero-order valence-corrected chi connectivity index (χ0v) is 11.8. The molecule has 0 radical (unpaired) electrons. The van der Waals surface area contributed by atoms with Crippen LogP contribution in [-0.2, 0) is 4.79 Å². The van der Waals surface area contributed by atoms with Gasteiger partial charge >= 0.3 is 0 Å². The molecule has 1 aliphatic rings. The van der Waals surface area contributed by atoms with Crippen molar-refractivity contribution in [1.82, 2.24) is 24.7 Å². The second-order valence-corrected chi connectivity index (χ2v) is 5.88. The first-order chi connectivity index (χ1) is 10.3. The van der Waals surface area contributed by atoms with Gasteiger partial charge in [0.25, 0.3) is 0 Å². The van der Waals surface area contributed by atoms with Gasteiger partial charge in [0, 0.05) is 30.0 Å². The summed E-state index contributed by atoms with van der Waals surface area (Å²) >= 11 is 0. The SMILES string of the molecule is C[C@@H]1C[C@H](NC=O)C[C@@H]1c1cnc2cnc3[nH]ccc3n12. The van der Waals surface area contributed by atoms with E-state index in [0.29, 0.717) is 11.8 Å². The van der Waals surface area contributed by atoms with Crippen LogP contribution in [0.2, 0.25) is 0 Å². The molecule has 108 valence electrons. The summed E-state index contributed by atoms with van der Waals surface area (Å²) in [6.07, 6.45) is 8.43. The topological polar surface area (TPSA) is 75.1 Å². The second kappa shape index (κ2) is 4.58. The molecule has 1 aliphatic carbocycles. The number of amides is 1. The first kappa shape index (κ1) is 12.4. The minimum Gasteiger partial charge on any atom is -0.356 e. The molecule has 6 nitrogen and oxygen atoms in total. The number of aromatic nitrogens is 4. The Labute approximate surface area is 121 Å². The Morgan fingerprint density at radius 3 is 3.14 bits per heavy atom. The quantitative estimate of drug-likeness (QED) is 0.720. The molecule has 0 saturated heterocycles. The van der Waals surface area contributed by atoms with Gasteiger partial charge in [-0.3, -0.25) is 9.20 Å². The van der Waals surface area contributed by atoms with Crippen molar-refractivity contribution in [2.75, 3.05) is 0 Å². The normalized spacial score (nSPS) is 25.7. The largest absolute Gasteiger partial charge is 0.356 e. The number of imidazole rings is 1. The molecule has 3 aromatic heterocycles. The van der Waals surface area contributed by atoms with Gasteiger partial charge in [0.05, 0.1) is 11.7 Å². The van der Waals surface area contributed by atoms with Crippen LogP contribution < -0.4 is 5.32 Å². The molecule has 4 rings (SSSR count). The summed E-state index contributed by atoms with van der Waals surface area (Å²) in [5, 5.41) is 2.92. The average molecular weight is 283 g/mol. The second-order valence-electron chi connectivity index (χ2n) is 5.88. The minimum atomic E-state index is 0.261. The third kappa shape index (κ3) is 1.82. The highest BCUT2D eigenvalue weighted by Crippen LogP contribution is 2.40. The molecule has 1 fully saturated rings. The van der Waals surface area contributed by atoms with Crippen molar-refractivity contribution in [3.8, 4) is 0 Å². The van der Waals surface area contributed by atoms with Crippen molar-refractivity contribution in [2.24, 2.45) is 5.92 Å². The molecular formula is C15H17N5O. The number of carbonyl (C=O) groups is 1. The molecule has 6 heteroatoms. The third-order valence-electron chi connectivity index (χ3n) is 4.64. The lowest BCUT2D eigenvalue weighted by molar-refractivity contribution is -0.110. The van der Waals surface area contributed by atoms with Crippen LogP contribution in [0.15, 0.2) is 24.7 Å². The number of fused-ring (bicyclic) bond motifs is 3. The number of hydrogen-bond acceptors (Lipinski definition) is 3. The van der Waals surface area contributed by atoms with Crippen molar-refractivity contribution >= 4 is 23.2 Å². The molecule has 0 spiro atoms. The number of carbonyl (C=O) groups excluding carboxylic acids is 1. The van der Waals surface area contributed by atoms with Gasteiger partial charge in [-0.05, 0) is 24.8 Å². The standard InChI is InChI=1S/C15H17N5O/c1-9-4-10(19-8-21)5-11(9)13-6-17-14-7-18-15-12(20(13)14)2-3-16-15/h2-3,6-11,16H,4-5H2,1H3,(H,19,21)/t9-,10+,11+/m1/s1. The molecule has 21 heavy (non-hydrogen) atoms. The lowest BCUT2D eigenvalue weighted by Gasteiger charge is -2.15. The van der Waals surface area contributed by atoms with Gasteiger partial charge in [-0.15, -0.1) is 0 Å². The maximum absolute atomic E-state index is 10.7. The Morgan fingerprint density at radius 1 is 1.38 bits per heavy atom. The van der Waals surface area contributed by atoms with Crippen LogP contribution in [0.25, 0.3) is 16.8 Å². The van der Waals surface area contributed by atoms with E-state index in [2.05, 4.69) is 31.6 Å². The first-order valence-electron chi connectivity index (χ1n) is 7.27. The number of rotatable bonds is 3. The van der Waals surface area contributed by atoms with Gasteiger partial charge in [-0.25, -0.2) is 9.97 Å². The van der Waals surface area contributed by atoms with Crippen molar-refractivity contribution in [1.29, 1.82) is 0 Å². The van der Waals surface area contributed by atoms with E-state index in [4.69, 9.17) is 0 Å². The summed E-state index contributed by atoms with van der Waals surface area (Å²) < 4.78 is 2.18. The Kier molecular flexibility index (Phi) is 2.70. The Balaban J connectivity index is 1.83. The van der Waals surface area contributed by atoms with E-state index in [9.17, 15) is 4.79 Å². The molecule has 0 aromatic carbocycles. The molecule has 1 amide bonds. The van der Waals surface area contributed by atoms with Crippen molar-refractivity contribution in [3.63, 3.8) is 0 Å². The Bertz CT molecular complexity index is 805. The minimum absolute atomic E-state index is 0.261. The van der Waals surface area contributed by atoms with E-state index in [1.165, 1.54) is 5.69 Å². The van der Waals surface area contributed by atoms with E-state index in [0.717, 1.165) is 36.1 Å². The van der Waals surface area contributed by atoms with Crippen LogP contribution >= 0.6 is 0 Å². The summed E-state index contributed by atoms with van der Waals surface area (Å²) in [5.41, 5.74) is 4.00. The van der Waals surface area contributed by atoms with E-state index >= 15 is 0 Å². The van der Waals surface area contributed by atoms with Crippen molar-refractivity contribution in [3.05, 3.63) is 30.4 Å². The predicted molar refractivity (Wildman–Crippen MR) is 79.0 cm³/mol. The number of aromatic amines is 1. The number of hydrogen-bond donors (Lipinski definition) is 2. The summed E-state index contributed by atoms with van der Waals surface area (Å²) in [6.45, 7) is 2.24. The summed E-state index contributed by atoms with van der Waals surface area (Å²) in [4.78, 5) is 22.7. The molecule has 3 heterocycles. The van der Waals surface area contributed by atoms with Gasteiger partial charge in [0.2, 0.25) is 6.41 Å². The van der Waals surface area contributed by atoms with Crippen LogP contribution in [0.4, 0.5) is 0 Å². The van der Waals surface area contributed by atoms with Crippen molar-refractivity contribution in [2.45, 2.75) is 31.7 Å². The van der Waals surface area contributed by atoms with Gasteiger partial charge in [-0.1, -0.05) is 6.92 Å². The fraction of sp³-hybridized carbons (Fsp3) is 0.400. The molecule has 0 unspecified atom stereocenters.